The standard InChI is InChI=1S/C20H23N3O4/c1-13-11-16(14(2)21-13)20(25)23-7-5-22(6-8-23)19(24)15-3-4-17-18(12-15)27-10-9-26-17/h3-4,11-12,21H,5-10H2,1-2H3. The Bertz CT molecular complexity index is 881. The molecule has 2 aromatic rings. The van der Waals surface area contributed by atoms with Crippen molar-refractivity contribution in [3.63, 3.8) is 0 Å². The molecule has 1 fully saturated rings. The maximum Gasteiger partial charge on any atom is 0.255 e. The van der Waals surface area contributed by atoms with Gasteiger partial charge in [-0.05, 0) is 38.1 Å². The molecule has 1 aromatic heterocycles. The van der Waals surface area contributed by atoms with Gasteiger partial charge in [-0.3, -0.25) is 9.59 Å². The van der Waals surface area contributed by atoms with Crippen LogP contribution >= 0.6 is 0 Å². The Labute approximate surface area is 157 Å². The Morgan fingerprint density at radius 3 is 2.15 bits per heavy atom. The summed E-state index contributed by atoms with van der Waals surface area (Å²) >= 11 is 0. The molecule has 1 saturated heterocycles. The molecule has 0 atom stereocenters. The Morgan fingerprint density at radius 1 is 0.889 bits per heavy atom. The number of aryl methyl sites for hydroxylation is 2. The predicted octanol–water partition coefficient (Wildman–Crippen LogP) is 2.00. The van der Waals surface area contributed by atoms with Gasteiger partial charge < -0.3 is 24.3 Å². The molecule has 0 aliphatic carbocycles. The van der Waals surface area contributed by atoms with Gasteiger partial charge in [0, 0.05) is 43.1 Å². The van der Waals surface area contributed by atoms with Crippen molar-refractivity contribution in [1.29, 1.82) is 0 Å². The van der Waals surface area contributed by atoms with E-state index in [9.17, 15) is 9.59 Å². The molecule has 0 spiro atoms. The van der Waals surface area contributed by atoms with E-state index < -0.39 is 0 Å². The van der Waals surface area contributed by atoms with E-state index in [0.29, 0.717) is 62.0 Å². The molecule has 1 N–H and O–H groups in total. The first-order valence-corrected chi connectivity index (χ1v) is 9.17. The molecule has 27 heavy (non-hydrogen) atoms. The number of nitrogens with zero attached hydrogens (tertiary/aromatic N) is 2. The highest BCUT2D eigenvalue weighted by atomic mass is 16.6. The van der Waals surface area contributed by atoms with E-state index in [0.717, 1.165) is 11.4 Å². The molecule has 0 saturated carbocycles. The van der Waals surface area contributed by atoms with Crippen LogP contribution in [0.25, 0.3) is 0 Å². The van der Waals surface area contributed by atoms with Crippen molar-refractivity contribution < 1.29 is 19.1 Å². The van der Waals surface area contributed by atoms with Crippen molar-refractivity contribution in [1.82, 2.24) is 14.8 Å². The van der Waals surface area contributed by atoms with Crippen LogP contribution in [0.4, 0.5) is 0 Å². The molecule has 4 rings (SSSR count). The monoisotopic (exact) mass is 369 g/mol. The zero-order valence-corrected chi connectivity index (χ0v) is 15.6. The number of H-pyrrole nitrogens is 1. The van der Waals surface area contributed by atoms with Crippen LogP contribution in [0.5, 0.6) is 11.5 Å². The van der Waals surface area contributed by atoms with E-state index in [4.69, 9.17) is 9.47 Å². The van der Waals surface area contributed by atoms with E-state index in [-0.39, 0.29) is 11.8 Å². The number of carbonyl (C=O) groups is 2. The molecular formula is C20H23N3O4. The molecule has 7 nitrogen and oxygen atoms in total. The summed E-state index contributed by atoms with van der Waals surface area (Å²) in [6.07, 6.45) is 0. The van der Waals surface area contributed by atoms with Crippen LogP contribution in [0.2, 0.25) is 0 Å². The van der Waals surface area contributed by atoms with Gasteiger partial charge >= 0.3 is 0 Å². The molecule has 2 amide bonds. The molecule has 0 radical (unpaired) electrons. The molecule has 0 unspecified atom stereocenters. The number of carbonyl (C=O) groups excluding carboxylic acids is 2. The number of aromatic nitrogens is 1. The van der Waals surface area contributed by atoms with Crippen LogP contribution in [0.1, 0.15) is 32.1 Å². The minimum atomic E-state index is -0.0484. The van der Waals surface area contributed by atoms with Gasteiger partial charge in [0.15, 0.2) is 11.5 Å². The van der Waals surface area contributed by atoms with Gasteiger partial charge in [0.1, 0.15) is 13.2 Å². The van der Waals surface area contributed by atoms with Gasteiger partial charge in [0.25, 0.3) is 11.8 Å². The summed E-state index contributed by atoms with van der Waals surface area (Å²) in [4.78, 5) is 32.3. The van der Waals surface area contributed by atoms with Crippen LogP contribution < -0.4 is 9.47 Å². The van der Waals surface area contributed by atoms with Gasteiger partial charge in [0.05, 0.1) is 5.56 Å². The lowest BCUT2D eigenvalue weighted by molar-refractivity contribution is 0.0534. The second-order valence-electron chi connectivity index (χ2n) is 6.93. The van der Waals surface area contributed by atoms with Gasteiger partial charge in [-0.1, -0.05) is 0 Å². The van der Waals surface area contributed by atoms with Gasteiger partial charge in [-0.25, -0.2) is 0 Å². The van der Waals surface area contributed by atoms with E-state index in [1.165, 1.54) is 0 Å². The summed E-state index contributed by atoms with van der Waals surface area (Å²) in [6.45, 7) is 6.94. The van der Waals surface area contributed by atoms with Crippen molar-refractivity contribution in [2.75, 3.05) is 39.4 Å². The number of hydrogen-bond acceptors (Lipinski definition) is 4. The normalized spacial score (nSPS) is 16.4. The minimum absolute atomic E-state index is 0.0169. The van der Waals surface area contributed by atoms with Crippen molar-refractivity contribution in [2.24, 2.45) is 0 Å². The lowest BCUT2D eigenvalue weighted by Gasteiger charge is -2.35. The highest BCUT2D eigenvalue weighted by Gasteiger charge is 2.27. The summed E-state index contributed by atoms with van der Waals surface area (Å²) in [6, 6.07) is 7.16. The first-order valence-electron chi connectivity index (χ1n) is 9.17. The highest BCUT2D eigenvalue weighted by molar-refractivity contribution is 5.97. The van der Waals surface area contributed by atoms with E-state index >= 15 is 0 Å². The zero-order valence-electron chi connectivity index (χ0n) is 15.6. The second kappa shape index (κ2) is 6.98. The van der Waals surface area contributed by atoms with Crippen LogP contribution in [0.15, 0.2) is 24.3 Å². The van der Waals surface area contributed by atoms with Crippen molar-refractivity contribution in [3.05, 3.63) is 46.8 Å². The lowest BCUT2D eigenvalue weighted by atomic mass is 10.1. The molecule has 7 heteroatoms. The number of nitrogens with one attached hydrogen (secondary N) is 1. The van der Waals surface area contributed by atoms with E-state index in [2.05, 4.69) is 4.98 Å². The third-order valence-corrected chi connectivity index (χ3v) is 5.02. The Kier molecular flexibility index (Phi) is 4.51. The summed E-state index contributed by atoms with van der Waals surface area (Å²) < 4.78 is 11.1. The third kappa shape index (κ3) is 3.37. The number of hydrogen-bond donors (Lipinski definition) is 1. The van der Waals surface area contributed by atoms with E-state index in [1.807, 2.05) is 24.8 Å². The maximum absolute atomic E-state index is 12.8. The smallest absolute Gasteiger partial charge is 0.255 e. The van der Waals surface area contributed by atoms with Crippen LogP contribution in [0, 0.1) is 13.8 Å². The largest absolute Gasteiger partial charge is 0.486 e. The van der Waals surface area contributed by atoms with Crippen molar-refractivity contribution >= 4 is 11.8 Å². The summed E-state index contributed by atoms with van der Waals surface area (Å²) in [5.74, 6) is 1.25. The van der Waals surface area contributed by atoms with Gasteiger partial charge in [-0.15, -0.1) is 0 Å². The van der Waals surface area contributed by atoms with Crippen LogP contribution in [-0.4, -0.2) is 66.0 Å². The fraction of sp³-hybridized carbons (Fsp3) is 0.400. The molecular weight excluding hydrogens is 346 g/mol. The van der Waals surface area contributed by atoms with Gasteiger partial charge in [-0.2, -0.15) is 0 Å². The Hall–Kier alpha value is -2.96. The summed E-state index contributed by atoms with van der Waals surface area (Å²) in [5, 5.41) is 0. The number of amides is 2. The Morgan fingerprint density at radius 2 is 1.52 bits per heavy atom. The van der Waals surface area contributed by atoms with E-state index in [1.54, 1.807) is 23.1 Å². The fourth-order valence-corrected chi connectivity index (χ4v) is 3.59. The predicted molar refractivity (Wildman–Crippen MR) is 99.5 cm³/mol. The number of ether oxygens (including phenoxy) is 2. The first-order chi connectivity index (χ1) is 13.0. The zero-order chi connectivity index (χ0) is 19.0. The highest BCUT2D eigenvalue weighted by Crippen LogP contribution is 2.31. The Balaban J connectivity index is 1.41. The first kappa shape index (κ1) is 17.5. The quantitative estimate of drug-likeness (QED) is 0.879. The average Bonchev–Trinajstić information content (AvgIpc) is 3.04. The lowest BCUT2D eigenvalue weighted by Crippen LogP contribution is -2.50. The fourth-order valence-electron chi connectivity index (χ4n) is 3.59. The minimum Gasteiger partial charge on any atom is -0.486 e. The molecule has 0 bridgehead atoms. The number of piperazine rings is 1. The average molecular weight is 369 g/mol. The molecule has 2 aliphatic heterocycles. The topological polar surface area (TPSA) is 74.9 Å². The second-order valence-corrected chi connectivity index (χ2v) is 6.93. The number of benzene rings is 1. The maximum atomic E-state index is 12.8. The molecule has 3 heterocycles. The number of fused-ring (bicyclic) bond motifs is 1. The third-order valence-electron chi connectivity index (χ3n) is 5.02. The SMILES string of the molecule is Cc1cc(C(=O)N2CCN(C(=O)c3ccc4c(c3)OCCO4)CC2)c(C)[nH]1. The van der Waals surface area contributed by atoms with Crippen LogP contribution in [0.3, 0.4) is 0 Å². The van der Waals surface area contributed by atoms with Gasteiger partial charge in [0.2, 0.25) is 0 Å². The summed E-state index contributed by atoms with van der Waals surface area (Å²) in [5.41, 5.74) is 3.14. The molecule has 142 valence electrons. The van der Waals surface area contributed by atoms with Crippen molar-refractivity contribution in [2.45, 2.75) is 13.8 Å². The van der Waals surface area contributed by atoms with Crippen LogP contribution in [-0.2, 0) is 0 Å². The molecule has 1 aromatic carbocycles. The summed E-state index contributed by atoms with van der Waals surface area (Å²) in [7, 11) is 0. The van der Waals surface area contributed by atoms with Crippen molar-refractivity contribution in [3.8, 4) is 11.5 Å². The number of rotatable bonds is 2. The number of aromatic amines is 1. The molecule has 2 aliphatic rings.